The van der Waals surface area contributed by atoms with E-state index in [-0.39, 0.29) is 5.75 Å². The zero-order chi connectivity index (χ0) is 23.1. The lowest BCUT2D eigenvalue weighted by atomic mass is 10.1. The van der Waals surface area contributed by atoms with E-state index in [2.05, 4.69) is 30.2 Å². The van der Waals surface area contributed by atoms with E-state index in [1.165, 1.54) is 18.3 Å². The molecule has 0 fully saturated rings. The molecule has 0 saturated heterocycles. The average Bonchev–Trinajstić information content (AvgIpc) is 3.48. The minimum absolute atomic E-state index is 0.0339. The van der Waals surface area contributed by atoms with Crippen molar-refractivity contribution in [1.82, 2.24) is 38.9 Å². The highest BCUT2D eigenvalue weighted by Crippen LogP contribution is 2.32. The van der Waals surface area contributed by atoms with E-state index in [1.807, 2.05) is 44.0 Å². The molecule has 0 amide bonds. The number of aromatic nitrogens is 8. The van der Waals surface area contributed by atoms with Crippen LogP contribution >= 0.6 is 0 Å². The highest BCUT2D eigenvalue weighted by molar-refractivity contribution is 5.84. The smallest absolute Gasteiger partial charge is 0.387 e. The van der Waals surface area contributed by atoms with E-state index in [4.69, 9.17) is 4.98 Å². The summed E-state index contributed by atoms with van der Waals surface area (Å²) in [6, 6.07) is 4.86. The number of pyridine rings is 1. The molecule has 5 aromatic rings. The van der Waals surface area contributed by atoms with Crippen molar-refractivity contribution < 1.29 is 13.5 Å². The van der Waals surface area contributed by atoms with Crippen LogP contribution in [-0.4, -0.2) is 45.5 Å². The molecule has 10 nitrogen and oxygen atoms in total. The number of nitrogens with zero attached hydrogens (tertiary/aromatic N) is 8. The second-order valence-electron chi connectivity index (χ2n) is 7.36. The number of hydrogen-bond acceptors (Lipinski definition) is 7. The summed E-state index contributed by atoms with van der Waals surface area (Å²) in [5, 5.41) is 12.3. The summed E-state index contributed by atoms with van der Waals surface area (Å²) in [5.41, 5.74) is 3.35. The summed E-state index contributed by atoms with van der Waals surface area (Å²) < 4.78 is 34.5. The third kappa shape index (κ3) is 3.86. The van der Waals surface area contributed by atoms with Crippen LogP contribution in [0.5, 0.6) is 5.75 Å². The molecular weight excluding hydrogens is 432 g/mol. The summed E-state index contributed by atoms with van der Waals surface area (Å²) in [4.78, 5) is 13.2. The van der Waals surface area contributed by atoms with Gasteiger partial charge in [-0.15, -0.1) is 5.10 Å². The molecule has 5 aromatic heterocycles. The van der Waals surface area contributed by atoms with Crippen molar-refractivity contribution in [3.8, 4) is 28.7 Å². The topological polar surface area (TPSA) is 100.0 Å². The number of halogens is 2. The quantitative estimate of drug-likeness (QED) is 0.421. The predicted octanol–water partition coefficient (Wildman–Crippen LogP) is 3.58. The molecule has 0 saturated carbocycles. The Morgan fingerprint density at radius 1 is 1.06 bits per heavy atom. The van der Waals surface area contributed by atoms with Crippen molar-refractivity contribution in [3.63, 3.8) is 0 Å². The van der Waals surface area contributed by atoms with Crippen LogP contribution in [0.25, 0.3) is 28.4 Å². The number of rotatable bonds is 6. The summed E-state index contributed by atoms with van der Waals surface area (Å²) >= 11 is 0. The lowest BCUT2D eigenvalue weighted by molar-refractivity contribution is -0.0500. The van der Waals surface area contributed by atoms with Gasteiger partial charge in [0.15, 0.2) is 11.6 Å². The van der Waals surface area contributed by atoms with Gasteiger partial charge in [0.2, 0.25) is 5.82 Å². The first-order valence-electron chi connectivity index (χ1n) is 9.94. The van der Waals surface area contributed by atoms with Crippen molar-refractivity contribution in [3.05, 3.63) is 54.7 Å². The lowest BCUT2D eigenvalue weighted by Crippen LogP contribution is -2.07. The Balaban J connectivity index is 1.63. The van der Waals surface area contributed by atoms with Crippen LogP contribution in [0.15, 0.2) is 49.2 Å². The minimum atomic E-state index is -2.92. The molecule has 1 N–H and O–H groups in total. The first-order valence-corrected chi connectivity index (χ1v) is 9.94. The molecule has 0 aliphatic rings. The molecule has 5 heterocycles. The molecule has 168 valence electrons. The van der Waals surface area contributed by atoms with Gasteiger partial charge >= 0.3 is 6.61 Å². The van der Waals surface area contributed by atoms with Gasteiger partial charge in [-0.3, -0.25) is 4.68 Å². The van der Waals surface area contributed by atoms with Crippen molar-refractivity contribution in [1.29, 1.82) is 0 Å². The second kappa shape index (κ2) is 7.97. The summed E-state index contributed by atoms with van der Waals surface area (Å²) in [7, 11) is 3.71. The number of anilines is 2. The highest BCUT2D eigenvalue weighted by Gasteiger charge is 2.19. The Kier molecular flexibility index (Phi) is 4.96. The van der Waals surface area contributed by atoms with E-state index < -0.39 is 6.61 Å². The number of aryl methyl sites for hydroxylation is 3. The van der Waals surface area contributed by atoms with Gasteiger partial charge in [0.25, 0.3) is 0 Å². The Labute approximate surface area is 186 Å². The van der Waals surface area contributed by atoms with Crippen LogP contribution < -0.4 is 10.1 Å². The molecule has 0 aromatic carbocycles. The van der Waals surface area contributed by atoms with Gasteiger partial charge in [-0.05, 0) is 30.7 Å². The van der Waals surface area contributed by atoms with Crippen LogP contribution in [0.2, 0.25) is 0 Å². The monoisotopic (exact) mass is 451 g/mol. The van der Waals surface area contributed by atoms with Gasteiger partial charge in [-0.25, -0.2) is 19.5 Å². The minimum Gasteiger partial charge on any atom is -0.433 e. The van der Waals surface area contributed by atoms with Crippen LogP contribution in [0, 0.1) is 6.92 Å². The average molecular weight is 451 g/mol. The largest absolute Gasteiger partial charge is 0.433 e. The third-order valence-electron chi connectivity index (χ3n) is 5.10. The van der Waals surface area contributed by atoms with Crippen molar-refractivity contribution in [2.45, 2.75) is 13.5 Å². The van der Waals surface area contributed by atoms with Gasteiger partial charge in [0, 0.05) is 44.4 Å². The van der Waals surface area contributed by atoms with Crippen LogP contribution in [0.4, 0.5) is 20.4 Å². The number of alkyl halides is 2. The Bertz CT molecular complexity index is 1440. The number of imidazole rings is 1. The Hall–Kier alpha value is -4.35. The maximum Gasteiger partial charge on any atom is 0.387 e. The van der Waals surface area contributed by atoms with E-state index >= 15 is 0 Å². The van der Waals surface area contributed by atoms with Crippen LogP contribution in [0.3, 0.4) is 0 Å². The van der Waals surface area contributed by atoms with Crippen LogP contribution in [0.1, 0.15) is 5.56 Å². The van der Waals surface area contributed by atoms with Gasteiger partial charge in [0.1, 0.15) is 17.1 Å². The molecule has 0 unspecified atom stereocenters. The predicted molar refractivity (Wildman–Crippen MR) is 116 cm³/mol. The first-order chi connectivity index (χ1) is 15.9. The normalized spacial score (nSPS) is 11.5. The number of fused-ring (bicyclic) bond motifs is 1. The molecule has 12 heteroatoms. The van der Waals surface area contributed by atoms with Gasteiger partial charge in [-0.1, -0.05) is 0 Å². The molecule has 0 atom stereocenters. The number of hydrogen-bond donors (Lipinski definition) is 1. The standard InChI is InChI=1S/C21H19F2N9O/c1-12-14(15-6-8-31(3)28-15)11-32-17(12)18(27-19(29-32)20-24-7-9-30(20)2)26-16-5-4-13(10-25-16)33-21(22)23/h4-11,21H,1-3H3,(H,25,26,27,29). The summed E-state index contributed by atoms with van der Waals surface area (Å²) in [5.74, 6) is 1.84. The van der Waals surface area contributed by atoms with E-state index in [0.29, 0.717) is 23.3 Å². The third-order valence-corrected chi connectivity index (χ3v) is 5.10. The maximum atomic E-state index is 12.4. The molecular formula is C21H19F2N9O. The zero-order valence-corrected chi connectivity index (χ0v) is 17.9. The first kappa shape index (κ1) is 20.5. The molecule has 0 bridgehead atoms. The molecule has 0 aliphatic heterocycles. The SMILES string of the molecule is Cc1c(-c2ccn(C)n2)cn2nc(-c3nccn3C)nc(Nc3ccc(OC(F)F)cn3)c12. The zero-order valence-electron chi connectivity index (χ0n) is 17.9. The molecule has 0 aliphatic carbocycles. The van der Waals surface area contributed by atoms with E-state index in [1.54, 1.807) is 21.6 Å². The van der Waals surface area contributed by atoms with Gasteiger partial charge < -0.3 is 14.6 Å². The fourth-order valence-corrected chi connectivity index (χ4v) is 3.56. The lowest BCUT2D eigenvalue weighted by Gasteiger charge is -2.11. The van der Waals surface area contributed by atoms with Crippen molar-refractivity contribution >= 4 is 17.2 Å². The summed E-state index contributed by atoms with van der Waals surface area (Å²) in [6.07, 6.45) is 8.45. The Morgan fingerprint density at radius 2 is 1.91 bits per heavy atom. The van der Waals surface area contributed by atoms with Crippen LogP contribution in [-0.2, 0) is 14.1 Å². The molecule has 33 heavy (non-hydrogen) atoms. The second-order valence-corrected chi connectivity index (χ2v) is 7.36. The molecule has 5 rings (SSSR count). The molecule has 0 radical (unpaired) electrons. The fourth-order valence-electron chi connectivity index (χ4n) is 3.56. The van der Waals surface area contributed by atoms with E-state index in [0.717, 1.165) is 22.3 Å². The maximum absolute atomic E-state index is 12.4. The van der Waals surface area contributed by atoms with Gasteiger partial charge in [0.05, 0.1) is 11.9 Å². The summed E-state index contributed by atoms with van der Waals surface area (Å²) in [6.45, 7) is -0.956. The Morgan fingerprint density at radius 3 is 2.55 bits per heavy atom. The number of nitrogens with one attached hydrogen (secondary N) is 1. The van der Waals surface area contributed by atoms with E-state index in [9.17, 15) is 8.78 Å². The van der Waals surface area contributed by atoms with Crippen molar-refractivity contribution in [2.75, 3.05) is 5.32 Å². The molecule has 0 spiro atoms. The highest BCUT2D eigenvalue weighted by atomic mass is 19.3. The van der Waals surface area contributed by atoms with Crippen molar-refractivity contribution in [2.24, 2.45) is 14.1 Å². The number of ether oxygens (including phenoxy) is 1. The fraction of sp³-hybridized carbons (Fsp3) is 0.190. The van der Waals surface area contributed by atoms with Gasteiger partial charge in [-0.2, -0.15) is 13.9 Å².